The van der Waals surface area contributed by atoms with Crippen molar-refractivity contribution in [1.29, 1.82) is 0 Å². The third kappa shape index (κ3) is 2.39. The second-order valence-electron chi connectivity index (χ2n) is 4.54. The van der Waals surface area contributed by atoms with Crippen molar-refractivity contribution >= 4 is 5.65 Å². The molecule has 0 saturated carbocycles. The van der Waals surface area contributed by atoms with Gasteiger partial charge < -0.3 is 5.73 Å². The van der Waals surface area contributed by atoms with Crippen LogP contribution in [0.1, 0.15) is 37.6 Å². The lowest BCUT2D eigenvalue weighted by Gasteiger charge is -1.99. The number of nitrogens with one attached hydrogen (secondary N) is 1. The minimum Gasteiger partial charge on any atom is -0.330 e. The molecule has 17 heavy (non-hydrogen) atoms. The normalized spacial score (nSPS) is 11.5. The standard InChI is InChI=1S/C12H18N4O/c1-8(2)10-7-11-14-9(4-3-5-13)6-12(17)16(11)15-10/h6-8,15H,3-5,13H2,1-2H3. The quantitative estimate of drug-likeness (QED) is 0.829. The third-order valence-electron chi connectivity index (χ3n) is 2.78. The average molecular weight is 234 g/mol. The molecule has 3 N–H and O–H groups in total. The molecule has 0 amide bonds. The first-order chi connectivity index (χ1) is 8.11. The zero-order chi connectivity index (χ0) is 12.4. The average Bonchev–Trinajstić information content (AvgIpc) is 2.71. The molecule has 0 atom stereocenters. The smallest absolute Gasteiger partial charge is 0.272 e. The van der Waals surface area contributed by atoms with Crippen molar-refractivity contribution in [2.24, 2.45) is 5.73 Å². The van der Waals surface area contributed by atoms with Gasteiger partial charge in [0.05, 0.1) is 0 Å². The Hall–Kier alpha value is -1.62. The predicted molar refractivity (Wildman–Crippen MR) is 67.3 cm³/mol. The fraction of sp³-hybridized carbons (Fsp3) is 0.500. The first kappa shape index (κ1) is 11.9. The van der Waals surface area contributed by atoms with Crippen LogP contribution in [-0.4, -0.2) is 21.1 Å². The van der Waals surface area contributed by atoms with Gasteiger partial charge in [-0.05, 0) is 25.3 Å². The molecule has 92 valence electrons. The molecule has 0 aromatic carbocycles. The molecule has 0 aliphatic rings. The van der Waals surface area contributed by atoms with Gasteiger partial charge in [-0.1, -0.05) is 13.8 Å². The summed E-state index contributed by atoms with van der Waals surface area (Å²) in [5.74, 6) is 0.351. The topological polar surface area (TPSA) is 76.2 Å². The van der Waals surface area contributed by atoms with Crippen molar-refractivity contribution in [2.75, 3.05) is 6.54 Å². The molecular formula is C12H18N4O. The number of rotatable bonds is 4. The molecule has 2 aromatic rings. The summed E-state index contributed by atoms with van der Waals surface area (Å²) in [6.45, 7) is 4.77. The van der Waals surface area contributed by atoms with Crippen LogP contribution in [0.2, 0.25) is 0 Å². The molecule has 5 nitrogen and oxygen atoms in total. The van der Waals surface area contributed by atoms with Gasteiger partial charge in [0, 0.05) is 23.5 Å². The van der Waals surface area contributed by atoms with Gasteiger partial charge in [0.2, 0.25) is 0 Å². The lowest BCUT2D eigenvalue weighted by molar-refractivity contribution is 0.765. The van der Waals surface area contributed by atoms with E-state index in [0.29, 0.717) is 18.1 Å². The molecule has 0 radical (unpaired) electrons. The Bertz CT molecular complexity index is 567. The number of aromatic amines is 1. The second kappa shape index (κ2) is 4.71. The van der Waals surface area contributed by atoms with E-state index in [4.69, 9.17) is 5.73 Å². The van der Waals surface area contributed by atoms with Gasteiger partial charge in [-0.25, -0.2) is 9.50 Å². The van der Waals surface area contributed by atoms with Crippen LogP contribution in [0.25, 0.3) is 5.65 Å². The predicted octanol–water partition coefficient (Wildman–Crippen LogP) is 1.04. The van der Waals surface area contributed by atoms with E-state index in [1.165, 1.54) is 4.52 Å². The summed E-state index contributed by atoms with van der Waals surface area (Å²) in [4.78, 5) is 16.3. The van der Waals surface area contributed by atoms with Crippen LogP contribution in [0.5, 0.6) is 0 Å². The maximum Gasteiger partial charge on any atom is 0.272 e. The van der Waals surface area contributed by atoms with Crippen LogP contribution in [0, 0.1) is 0 Å². The number of nitrogens with zero attached hydrogens (tertiary/aromatic N) is 2. The SMILES string of the molecule is CC(C)c1cc2nc(CCCN)cc(=O)n2[nH]1. The molecule has 0 spiro atoms. The highest BCUT2D eigenvalue weighted by atomic mass is 16.1. The van der Waals surface area contributed by atoms with E-state index >= 15 is 0 Å². The number of fused-ring (bicyclic) bond motifs is 1. The van der Waals surface area contributed by atoms with Gasteiger partial charge in [0.25, 0.3) is 5.56 Å². The van der Waals surface area contributed by atoms with Crippen molar-refractivity contribution < 1.29 is 0 Å². The minimum atomic E-state index is -0.0612. The van der Waals surface area contributed by atoms with Crippen LogP contribution in [0.4, 0.5) is 0 Å². The van der Waals surface area contributed by atoms with Gasteiger partial charge in [-0.3, -0.25) is 9.89 Å². The molecule has 0 fully saturated rings. The van der Waals surface area contributed by atoms with E-state index in [2.05, 4.69) is 23.9 Å². The van der Waals surface area contributed by atoms with Gasteiger partial charge in [0.15, 0.2) is 5.65 Å². The maximum atomic E-state index is 11.9. The van der Waals surface area contributed by atoms with Crippen LogP contribution >= 0.6 is 0 Å². The number of hydrogen-bond donors (Lipinski definition) is 2. The Morgan fingerprint density at radius 3 is 2.88 bits per heavy atom. The van der Waals surface area contributed by atoms with Crippen molar-refractivity contribution in [3.05, 3.63) is 33.9 Å². The fourth-order valence-electron chi connectivity index (χ4n) is 1.77. The summed E-state index contributed by atoms with van der Waals surface area (Å²) in [6, 6.07) is 3.50. The first-order valence-corrected chi connectivity index (χ1v) is 5.93. The Morgan fingerprint density at radius 1 is 1.47 bits per heavy atom. The molecule has 0 aliphatic carbocycles. The number of hydrogen-bond acceptors (Lipinski definition) is 3. The van der Waals surface area contributed by atoms with Crippen LogP contribution in [0.3, 0.4) is 0 Å². The first-order valence-electron chi connectivity index (χ1n) is 5.93. The van der Waals surface area contributed by atoms with E-state index in [-0.39, 0.29) is 5.56 Å². The van der Waals surface area contributed by atoms with Crippen molar-refractivity contribution in [2.45, 2.75) is 32.6 Å². The largest absolute Gasteiger partial charge is 0.330 e. The molecule has 0 aliphatic heterocycles. The molecular weight excluding hydrogens is 216 g/mol. The Kier molecular flexibility index (Phi) is 3.28. The molecule has 0 bridgehead atoms. The Morgan fingerprint density at radius 2 is 2.24 bits per heavy atom. The summed E-state index contributed by atoms with van der Waals surface area (Å²) in [5, 5.41) is 3.06. The Balaban J connectivity index is 2.46. The zero-order valence-electron chi connectivity index (χ0n) is 10.2. The summed E-state index contributed by atoms with van der Waals surface area (Å²) >= 11 is 0. The molecule has 0 saturated heterocycles. The van der Waals surface area contributed by atoms with Crippen molar-refractivity contribution in [3.8, 4) is 0 Å². The zero-order valence-corrected chi connectivity index (χ0v) is 10.2. The summed E-state index contributed by atoms with van der Waals surface area (Å²) in [7, 11) is 0. The van der Waals surface area contributed by atoms with E-state index in [9.17, 15) is 4.79 Å². The fourth-order valence-corrected chi connectivity index (χ4v) is 1.77. The second-order valence-corrected chi connectivity index (χ2v) is 4.54. The number of aromatic nitrogens is 3. The van der Waals surface area contributed by atoms with E-state index in [1.54, 1.807) is 6.07 Å². The molecule has 0 unspecified atom stereocenters. The summed E-state index contributed by atoms with van der Waals surface area (Å²) in [5.41, 5.74) is 7.91. The van der Waals surface area contributed by atoms with Gasteiger partial charge >= 0.3 is 0 Å². The monoisotopic (exact) mass is 234 g/mol. The summed E-state index contributed by atoms with van der Waals surface area (Å²) < 4.78 is 1.49. The highest BCUT2D eigenvalue weighted by molar-refractivity contribution is 5.40. The van der Waals surface area contributed by atoms with Crippen LogP contribution in [-0.2, 0) is 6.42 Å². The molecule has 5 heteroatoms. The van der Waals surface area contributed by atoms with Crippen LogP contribution in [0.15, 0.2) is 16.9 Å². The number of H-pyrrole nitrogens is 1. The Labute approximate surface area is 99.6 Å². The molecule has 2 aromatic heterocycles. The van der Waals surface area contributed by atoms with Gasteiger partial charge in [-0.2, -0.15) is 0 Å². The maximum absolute atomic E-state index is 11.9. The van der Waals surface area contributed by atoms with Gasteiger partial charge in [-0.15, -0.1) is 0 Å². The molecule has 2 heterocycles. The number of nitrogens with two attached hydrogens (primary N) is 1. The lowest BCUT2D eigenvalue weighted by Crippen LogP contribution is -2.16. The van der Waals surface area contributed by atoms with Gasteiger partial charge in [0.1, 0.15) is 0 Å². The lowest BCUT2D eigenvalue weighted by atomic mass is 10.1. The van der Waals surface area contributed by atoms with Crippen LogP contribution < -0.4 is 11.3 Å². The molecule has 2 rings (SSSR count). The van der Waals surface area contributed by atoms with Crippen molar-refractivity contribution in [3.63, 3.8) is 0 Å². The highest BCUT2D eigenvalue weighted by Gasteiger charge is 2.08. The van der Waals surface area contributed by atoms with Crippen molar-refractivity contribution in [1.82, 2.24) is 14.6 Å². The third-order valence-corrected chi connectivity index (χ3v) is 2.78. The minimum absolute atomic E-state index is 0.0612. The van der Waals surface area contributed by atoms with E-state index in [1.807, 2.05) is 6.07 Å². The summed E-state index contributed by atoms with van der Waals surface area (Å²) in [6.07, 6.45) is 1.61. The number of aryl methyl sites for hydroxylation is 1. The highest BCUT2D eigenvalue weighted by Crippen LogP contribution is 2.13. The van der Waals surface area contributed by atoms with E-state index in [0.717, 1.165) is 24.2 Å². The van der Waals surface area contributed by atoms with E-state index < -0.39 is 0 Å².